The summed E-state index contributed by atoms with van der Waals surface area (Å²) in [5.74, 6) is 0.316. The zero-order valence-corrected chi connectivity index (χ0v) is 13.2. The smallest absolute Gasteiger partial charge is 0.163 e. The van der Waals surface area contributed by atoms with Gasteiger partial charge in [-0.2, -0.15) is 0 Å². The van der Waals surface area contributed by atoms with Crippen molar-refractivity contribution in [1.82, 2.24) is 0 Å². The van der Waals surface area contributed by atoms with E-state index in [1.165, 1.54) is 5.57 Å². The summed E-state index contributed by atoms with van der Waals surface area (Å²) in [7, 11) is 0. The third-order valence-corrected chi connectivity index (χ3v) is 4.84. The van der Waals surface area contributed by atoms with Crippen molar-refractivity contribution in [3.05, 3.63) is 76.0 Å². The first kappa shape index (κ1) is 12.4. The molecule has 22 heavy (non-hydrogen) atoms. The second kappa shape index (κ2) is 4.40. The monoisotopic (exact) mass is 349 g/mol. The summed E-state index contributed by atoms with van der Waals surface area (Å²) in [5, 5.41) is 3.44. The van der Waals surface area contributed by atoms with Gasteiger partial charge in [-0.25, -0.2) is 4.99 Å². The first-order valence-electron chi connectivity index (χ1n) is 7.30. The van der Waals surface area contributed by atoms with Gasteiger partial charge in [0.1, 0.15) is 0 Å². The fourth-order valence-electron chi connectivity index (χ4n) is 3.30. The molecule has 1 N–H and O–H groups in total. The third kappa shape index (κ3) is 1.67. The Hall–Kier alpha value is -2.20. The molecule has 2 aliphatic carbocycles. The molecule has 0 aromatic heterocycles. The molecular weight excluding hydrogens is 338 g/mol. The molecule has 5 rings (SSSR count). The minimum Gasteiger partial charge on any atom is -0.358 e. The average molecular weight is 350 g/mol. The van der Waals surface area contributed by atoms with E-state index in [9.17, 15) is 0 Å². The fraction of sp³-hybridized carbons (Fsp3) is 0.111. The van der Waals surface area contributed by atoms with Crippen molar-refractivity contribution < 1.29 is 0 Å². The van der Waals surface area contributed by atoms with Gasteiger partial charge in [-0.3, -0.25) is 4.99 Å². The fourth-order valence-corrected chi connectivity index (χ4v) is 3.66. The Balaban J connectivity index is 1.71. The van der Waals surface area contributed by atoms with Crippen LogP contribution in [0.4, 0.5) is 5.69 Å². The topological polar surface area (TPSA) is 36.8 Å². The maximum atomic E-state index is 4.98. The van der Waals surface area contributed by atoms with E-state index in [0.717, 1.165) is 32.8 Å². The van der Waals surface area contributed by atoms with E-state index < -0.39 is 0 Å². The predicted octanol–water partition coefficient (Wildman–Crippen LogP) is 4.01. The highest BCUT2D eigenvalue weighted by Crippen LogP contribution is 2.36. The molecule has 1 aromatic rings. The minimum atomic E-state index is -0.0760. The number of fused-ring (bicyclic) bond motifs is 5. The highest BCUT2D eigenvalue weighted by Gasteiger charge is 2.33. The van der Waals surface area contributed by atoms with Crippen molar-refractivity contribution in [2.24, 2.45) is 15.9 Å². The Morgan fingerprint density at radius 3 is 3.00 bits per heavy atom. The van der Waals surface area contributed by atoms with E-state index in [0.29, 0.717) is 5.92 Å². The largest absolute Gasteiger partial charge is 0.358 e. The van der Waals surface area contributed by atoms with E-state index in [-0.39, 0.29) is 6.17 Å². The lowest BCUT2D eigenvalue weighted by Crippen LogP contribution is -2.28. The molecule has 2 heterocycles. The SMILES string of the molecule is Brc1ccc2c(c1)C1=NC3=C4C=CC=CC4C=CC3=NC1N2. The number of hydrogen-bond acceptors (Lipinski definition) is 3. The van der Waals surface area contributed by atoms with Gasteiger partial charge in [-0.05, 0) is 29.8 Å². The zero-order valence-electron chi connectivity index (χ0n) is 11.6. The highest BCUT2D eigenvalue weighted by atomic mass is 79.9. The molecule has 0 fully saturated rings. The maximum Gasteiger partial charge on any atom is 0.163 e. The zero-order chi connectivity index (χ0) is 14.7. The summed E-state index contributed by atoms with van der Waals surface area (Å²) in [6, 6.07) is 6.22. The van der Waals surface area contributed by atoms with E-state index in [1.54, 1.807) is 0 Å². The maximum absolute atomic E-state index is 4.98. The molecular formula is C18H12BrN3. The summed E-state index contributed by atoms with van der Waals surface area (Å²) in [4.78, 5) is 9.84. The molecule has 4 aliphatic rings. The van der Waals surface area contributed by atoms with Gasteiger partial charge in [0.15, 0.2) is 6.17 Å². The van der Waals surface area contributed by atoms with Gasteiger partial charge in [-0.1, -0.05) is 46.3 Å². The van der Waals surface area contributed by atoms with Gasteiger partial charge in [0.2, 0.25) is 0 Å². The molecule has 0 amide bonds. The predicted molar refractivity (Wildman–Crippen MR) is 93.5 cm³/mol. The van der Waals surface area contributed by atoms with Crippen molar-refractivity contribution in [1.29, 1.82) is 0 Å². The number of anilines is 1. The Morgan fingerprint density at radius 2 is 2.05 bits per heavy atom. The summed E-state index contributed by atoms with van der Waals surface area (Å²) >= 11 is 3.54. The molecule has 0 radical (unpaired) electrons. The van der Waals surface area contributed by atoms with Crippen LogP contribution in [0.1, 0.15) is 5.56 Å². The van der Waals surface area contributed by atoms with E-state index >= 15 is 0 Å². The molecule has 2 unspecified atom stereocenters. The minimum absolute atomic E-state index is 0.0760. The third-order valence-electron chi connectivity index (χ3n) is 4.35. The van der Waals surface area contributed by atoms with E-state index in [1.807, 2.05) is 6.07 Å². The summed E-state index contributed by atoms with van der Waals surface area (Å²) in [6.45, 7) is 0. The standard InChI is InChI=1S/C18H12BrN3/c19-11-6-8-14-13(9-11)17-18(20-14)21-15-7-5-10-3-1-2-4-12(10)16(15)22-17/h1-10,18,20H. The molecule has 0 saturated carbocycles. The second-order valence-electron chi connectivity index (χ2n) is 5.68. The number of nitrogens with one attached hydrogen (secondary N) is 1. The van der Waals surface area contributed by atoms with Crippen LogP contribution in [0.5, 0.6) is 0 Å². The first-order valence-corrected chi connectivity index (χ1v) is 8.09. The normalized spacial score (nSPS) is 26.6. The van der Waals surface area contributed by atoms with Crippen LogP contribution >= 0.6 is 15.9 Å². The number of halogens is 1. The van der Waals surface area contributed by atoms with Crippen molar-refractivity contribution >= 4 is 33.0 Å². The molecule has 106 valence electrons. The Bertz CT molecular complexity index is 884. The van der Waals surface area contributed by atoms with Gasteiger partial charge in [0.25, 0.3) is 0 Å². The van der Waals surface area contributed by atoms with Crippen molar-refractivity contribution in [2.75, 3.05) is 5.32 Å². The molecule has 0 saturated heterocycles. The summed E-state index contributed by atoms with van der Waals surface area (Å²) in [6.07, 6.45) is 12.7. The number of rotatable bonds is 0. The van der Waals surface area contributed by atoms with Crippen LogP contribution in [0.3, 0.4) is 0 Å². The number of aliphatic imine (C=N–C) groups is 2. The van der Waals surface area contributed by atoms with Gasteiger partial charge in [0.05, 0.1) is 17.1 Å². The second-order valence-corrected chi connectivity index (χ2v) is 6.60. The molecule has 3 nitrogen and oxygen atoms in total. The molecule has 2 atom stereocenters. The molecule has 1 aromatic carbocycles. The molecule has 0 bridgehead atoms. The van der Waals surface area contributed by atoms with Gasteiger partial charge >= 0.3 is 0 Å². The van der Waals surface area contributed by atoms with Crippen molar-refractivity contribution in [3.8, 4) is 0 Å². The number of nitrogens with zero attached hydrogens (tertiary/aromatic N) is 2. The van der Waals surface area contributed by atoms with Crippen LogP contribution in [0.2, 0.25) is 0 Å². The lowest BCUT2D eigenvalue weighted by atomic mass is 9.86. The number of allylic oxidation sites excluding steroid dienone is 7. The quantitative estimate of drug-likeness (QED) is 0.754. The van der Waals surface area contributed by atoms with Crippen LogP contribution in [-0.2, 0) is 0 Å². The molecule has 0 spiro atoms. The molecule has 4 heteroatoms. The Morgan fingerprint density at radius 1 is 1.09 bits per heavy atom. The van der Waals surface area contributed by atoms with Crippen LogP contribution in [-0.4, -0.2) is 17.6 Å². The van der Waals surface area contributed by atoms with Gasteiger partial charge < -0.3 is 5.32 Å². The van der Waals surface area contributed by atoms with Gasteiger partial charge in [0, 0.05) is 21.6 Å². The summed E-state index contributed by atoms with van der Waals surface area (Å²) in [5.41, 5.74) is 6.46. The number of benzene rings is 1. The highest BCUT2D eigenvalue weighted by molar-refractivity contribution is 9.10. The van der Waals surface area contributed by atoms with Crippen LogP contribution < -0.4 is 5.32 Å². The van der Waals surface area contributed by atoms with Gasteiger partial charge in [-0.15, -0.1) is 0 Å². The lowest BCUT2D eigenvalue weighted by Gasteiger charge is -2.25. The van der Waals surface area contributed by atoms with Crippen molar-refractivity contribution in [3.63, 3.8) is 0 Å². The Labute approximate surface area is 136 Å². The van der Waals surface area contributed by atoms with E-state index in [4.69, 9.17) is 9.98 Å². The van der Waals surface area contributed by atoms with E-state index in [2.05, 4.69) is 69.8 Å². The average Bonchev–Trinajstić information content (AvgIpc) is 2.90. The van der Waals surface area contributed by atoms with Crippen LogP contribution in [0, 0.1) is 5.92 Å². The van der Waals surface area contributed by atoms with Crippen molar-refractivity contribution in [2.45, 2.75) is 6.17 Å². The van der Waals surface area contributed by atoms with Crippen LogP contribution in [0.15, 0.2) is 80.4 Å². The summed E-state index contributed by atoms with van der Waals surface area (Å²) < 4.78 is 1.06. The Kier molecular flexibility index (Phi) is 2.47. The lowest BCUT2D eigenvalue weighted by molar-refractivity contribution is 0.937. The molecule has 2 aliphatic heterocycles. The number of hydrogen-bond donors (Lipinski definition) is 1. The van der Waals surface area contributed by atoms with Crippen LogP contribution in [0.25, 0.3) is 0 Å². The first-order chi connectivity index (χ1) is 10.8.